The van der Waals surface area contributed by atoms with Crippen LogP contribution in [0, 0.1) is 18.6 Å². The molecule has 0 fully saturated rings. The minimum absolute atomic E-state index is 0.0251. The highest BCUT2D eigenvalue weighted by molar-refractivity contribution is 5.93. The molecule has 1 aromatic heterocycles. The van der Waals surface area contributed by atoms with Crippen molar-refractivity contribution in [3.8, 4) is 5.69 Å². The summed E-state index contributed by atoms with van der Waals surface area (Å²) >= 11 is 0. The predicted molar refractivity (Wildman–Crippen MR) is 87.4 cm³/mol. The molecule has 0 aliphatic heterocycles. The lowest BCUT2D eigenvalue weighted by molar-refractivity contribution is -0.114. The van der Waals surface area contributed by atoms with E-state index in [-0.39, 0.29) is 18.1 Å². The summed E-state index contributed by atoms with van der Waals surface area (Å²) in [6.45, 7) is 1.87. The van der Waals surface area contributed by atoms with Crippen LogP contribution in [0.1, 0.15) is 5.56 Å². The van der Waals surface area contributed by atoms with Gasteiger partial charge in [-0.1, -0.05) is 0 Å². The zero-order valence-electron chi connectivity index (χ0n) is 13.2. The average molecular weight is 344 g/mol. The van der Waals surface area contributed by atoms with Crippen molar-refractivity contribution in [2.45, 2.75) is 6.92 Å². The second-order valence-electron chi connectivity index (χ2n) is 5.29. The molecule has 0 aliphatic carbocycles. The van der Waals surface area contributed by atoms with Gasteiger partial charge in [-0.25, -0.2) is 13.5 Å². The number of halogens is 2. The minimum atomic E-state index is -1.01. The molecule has 9 heteroatoms. The number of aryl methyl sites for hydroxylation is 1. The first-order valence-electron chi connectivity index (χ1n) is 7.36. The van der Waals surface area contributed by atoms with Crippen molar-refractivity contribution >= 4 is 17.3 Å². The number of anilines is 2. The Morgan fingerprint density at radius 2 is 1.92 bits per heavy atom. The van der Waals surface area contributed by atoms with Gasteiger partial charge in [-0.15, -0.1) is 5.10 Å². The second kappa shape index (κ2) is 7.04. The van der Waals surface area contributed by atoms with E-state index in [1.165, 1.54) is 17.1 Å². The van der Waals surface area contributed by atoms with E-state index in [0.717, 1.165) is 29.1 Å². The molecule has 128 valence electrons. The normalized spacial score (nSPS) is 10.5. The van der Waals surface area contributed by atoms with Crippen molar-refractivity contribution in [1.82, 2.24) is 20.2 Å². The zero-order chi connectivity index (χ0) is 17.8. The van der Waals surface area contributed by atoms with E-state index in [1.54, 1.807) is 6.07 Å². The van der Waals surface area contributed by atoms with Crippen LogP contribution in [0.15, 0.2) is 42.7 Å². The highest BCUT2D eigenvalue weighted by atomic mass is 19.2. The van der Waals surface area contributed by atoms with Gasteiger partial charge in [0.25, 0.3) is 0 Å². The Bertz CT molecular complexity index is 898. The van der Waals surface area contributed by atoms with Gasteiger partial charge in [0.15, 0.2) is 11.6 Å². The van der Waals surface area contributed by atoms with Crippen LogP contribution in [0.25, 0.3) is 5.69 Å². The molecule has 0 saturated carbocycles. The number of hydrogen-bond acceptors (Lipinski definition) is 5. The predicted octanol–water partition coefficient (Wildman–Crippen LogP) is 2.30. The van der Waals surface area contributed by atoms with Crippen LogP contribution < -0.4 is 10.6 Å². The van der Waals surface area contributed by atoms with E-state index in [4.69, 9.17) is 0 Å². The van der Waals surface area contributed by atoms with Gasteiger partial charge < -0.3 is 10.6 Å². The van der Waals surface area contributed by atoms with Crippen LogP contribution >= 0.6 is 0 Å². The van der Waals surface area contributed by atoms with Gasteiger partial charge in [-0.05, 0) is 53.2 Å². The molecule has 0 bridgehead atoms. The van der Waals surface area contributed by atoms with Crippen molar-refractivity contribution in [2.75, 3.05) is 17.2 Å². The van der Waals surface area contributed by atoms with Gasteiger partial charge in [0.2, 0.25) is 5.91 Å². The zero-order valence-corrected chi connectivity index (χ0v) is 13.2. The minimum Gasteiger partial charge on any atom is -0.376 e. The number of rotatable bonds is 5. The second-order valence-corrected chi connectivity index (χ2v) is 5.29. The van der Waals surface area contributed by atoms with Crippen molar-refractivity contribution in [3.63, 3.8) is 0 Å². The van der Waals surface area contributed by atoms with E-state index >= 15 is 0 Å². The maximum absolute atomic E-state index is 13.1. The van der Waals surface area contributed by atoms with Crippen molar-refractivity contribution in [3.05, 3.63) is 59.9 Å². The summed E-state index contributed by atoms with van der Waals surface area (Å²) in [6, 6.07) is 8.64. The van der Waals surface area contributed by atoms with Crippen LogP contribution in [0.2, 0.25) is 0 Å². The third-order valence-corrected chi connectivity index (χ3v) is 3.45. The fourth-order valence-electron chi connectivity index (χ4n) is 2.26. The molecule has 0 aliphatic rings. The van der Waals surface area contributed by atoms with Crippen molar-refractivity contribution in [1.29, 1.82) is 0 Å². The summed E-state index contributed by atoms with van der Waals surface area (Å²) in [6.07, 6.45) is 1.49. The number of tetrazole rings is 1. The lowest BCUT2D eigenvalue weighted by Crippen LogP contribution is -2.21. The quantitative estimate of drug-likeness (QED) is 0.742. The molecule has 2 aromatic carbocycles. The number of amides is 1. The number of benzene rings is 2. The maximum Gasteiger partial charge on any atom is 0.243 e. The topological polar surface area (TPSA) is 84.7 Å². The molecule has 0 atom stereocenters. The standard InChI is InChI=1S/C16H14F2N6O/c1-10-6-11(3-5-15(10)24-9-20-22-23-24)19-8-16(25)21-12-2-4-13(17)14(18)7-12/h2-7,9,19H,8H2,1H3,(H,21,25). The van der Waals surface area contributed by atoms with Gasteiger partial charge in [-0.3, -0.25) is 4.79 Å². The van der Waals surface area contributed by atoms with Crippen LogP contribution in [0.3, 0.4) is 0 Å². The fourth-order valence-corrected chi connectivity index (χ4v) is 2.26. The number of hydrogen-bond donors (Lipinski definition) is 2. The van der Waals surface area contributed by atoms with E-state index in [0.29, 0.717) is 0 Å². The molecular weight excluding hydrogens is 330 g/mol. The largest absolute Gasteiger partial charge is 0.376 e. The van der Waals surface area contributed by atoms with Crippen LogP contribution in [0.4, 0.5) is 20.2 Å². The highest BCUT2D eigenvalue weighted by Gasteiger charge is 2.07. The Hall–Kier alpha value is -3.36. The molecule has 25 heavy (non-hydrogen) atoms. The van der Waals surface area contributed by atoms with Crippen LogP contribution in [0.5, 0.6) is 0 Å². The molecule has 3 aromatic rings. The molecule has 0 saturated heterocycles. The van der Waals surface area contributed by atoms with Gasteiger partial charge in [0, 0.05) is 17.4 Å². The summed E-state index contributed by atoms with van der Waals surface area (Å²) in [5.41, 5.74) is 2.66. The third-order valence-electron chi connectivity index (χ3n) is 3.45. The Morgan fingerprint density at radius 3 is 2.60 bits per heavy atom. The fraction of sp³-hybridized carbons (Fsp3) is 0.125. The Balaban J connectivity index is 1.60. The smallest absolute Gasteiger partial charge is 0.243 e. The maximum atomic E-state index is 13.1. The molecule has 3 rings (SSSR count). The number of nitrogens with zero attached hydrogens (tertiary/aromatic N) is 4. The molecule has 0 unspecified atom stereocenters. The summed E-state index contributed by atoms with van der Waals surface area (Å²) in [7, 11) is 0. The van der Waals surface area contributed by atoms with Crippen molar-refractivity contribution < 1.29 is 13.6 Å². The SMILES string of the molecule is Cc1cc(NCC(=O)Nc2ccc(F)c(F)c2)ccc1-n1cnnn1. The number of carbonyl (C=O) groups excluding carboxylic acids is 1. The number of nitrogens with one attached hydrogen (secondary N) is 2. The van der Waals surface area contributed by atoms with Gasteiger partial charge in [0.1, 0.15) is 6.33 Å². The summed E-state index contributed by atoms with van der Waals surface area (Å²) in [5, 5.41) is 16.5. The molecule has 0 radical (unpaired) electrons. The molecule has 1 amide bonds. The average Bonchev–Trinajstić information content (AvgIpc) is 3.11. The summed E-state index contributed by atoms with van der Waals surface area (Å²) < 4.78 is 27.5. The van der Waals surface area contributed by atoms with Crippen LogP contribution in [-0.2, 0) is 4.79 Å². The summed E-state index contributed by atoms with van der Waals surface area (Å²) in [4.78, 5) is 11.9. The Morgan fingerprint density at radius 1 is 1.12 bits per heavy atom. The van der Waals surface area contributed by atoms with E-state index in [1.807, 2.05) is 19.1 Å². The first-order chi connectivity index (χ1) is 12.0. The highest BCUT2D eigenvalue weighted by Crippen LogP contribution is 2.18. The van der Waals surface area contributed by atoms with Crippen molar-refractivity contribution in [2.24, 2.45) is 0 Å². The first kappa shape index (κ1) is 16.5. The Labute approximate surface area is 141 Å². The van der Waals surface area contributed by atoms with E-state index < -0.39 is 11.6 Å². The number of carbonyl (C=O) groups is 1. The summed E-state index contributed by atoms with van der Waals surface area (Å²) in [5.74, 6) is -2.36. The molecule has 7 nitrogen and oxygen atoms in total. The van der Waals surface area contributed by atoms with Crippen LogP contribution in [-0.4, -0.2) is 32.7 Å². The van der Waals surface area contributed by atoms with E-state index in [9.17, 15) is 13.6 Å². The van der Waals surface area contributed by atoms with Gasteiger partial charge in [-0.2, -0.15) is 0 Å². The Kier molecular flexibility index (Phi) is 4.64. The monoisotopic (exact) mass is 344 g/mol. The lowest BCUT2D eigenvalue weighted by Gasteiger charge is -2.10. The molecule has 1 heterocycles. The lowest BCUT2D eigenvalue weighted by atomic mass is 10.2. The molecule has 0 spiro atoms. The number of aromatic nitrogens is 4. The first-order valence-corrected chi connectivity index (χ1v) is 7.36. The third kappa shape index (κ3) is 3.94. The van der Waals surface area contributed by atoms with Gasteiger partial charge in [0.05, 0.1) is 12.2 Å². The molecular formula is C16H14F2N6O. The van der Waals surface area contributed by atoms with E-state index in [2.05, 4.69) is 26.2 Å². The van der Waals surface area contributed by atoms with Gasteiger partial charge >= 0.3 is 0 Å². The molecule has 2 N–H and O–H groups in total.